The van der Waals surface area contributed by atoms with Gasteiger partial charge in [-0.1, -0.05) is 0 Å². The Hall–Kier alpha value is -2.81. The van der Waals surface area contributed by atoms with Crippen molar-refractivity contribution in [3.8, 4) is 0 Å². The molecule has 4 amide bonds. The third-order valence-electron chi connectivity index (χ3n) is 4.93. The van der Waals surface area contributed by atoms with Gasteiger partial charge >= 0.3 is 0 Å². The van der Waals surface area contributed by atoms with Gasteiger partial charge in [0.25, 0.3) is 11.8 Å². The first-order chi connectivity index (χ1) is 12.5. The molecule has 2 saturated heterocycles. The molecule has 0 bridgehead atoms. The number of nitrogens with one attached hydrogen (secondary N) is 3. The summed E-state index contributed by atoms with van der Waals surface area (Å²) in [6, 6.07) is 3.21. The largest absolute Gasteiger partial charge is 0.378 e. The van der Waals surface area contributed by atoms with Crippen molar-refractivity contribution in [2.24, 2.45) is 0 Å². The zero-order valence-electron chi connectivity index (χ0n) is 13.8. The molecule has 2 fully saturated rings. The Morgan fingerprint density at radius 1 is 1.08 bits per heavy atom. The number of carbonyl (C=O) groups excluding carboxylic acids is 4. The molecular formula is C17H17FN4O4. The van der Waals surface area contributed by atoms with E-state index in [9.17, 15) is 23.6 Å². The lowest BCUT2D eigenvalue weighted by Crippen LogP contribution is -2.54. The van der Waals surface area contributed by atoms with Crippen LogP contribution in [0.3, 0.4) is 0 Å². The molecule has 9 heteroatoms. The third-order valence-corrected chi connectivity index (χ3v) is 4.93. The van der Waals surface area contributed by atoms with Crippen LogP contribution in [0.4, 0.5) is 10.1 Å². The molecule has 0 aromatic heterocycles. The Morgan fingerprint density at radius 2 is 1.85 bits per heavy atom. The fraction of sp³-hybridized carbons (Fsp3) is 0.412. The van der Waals surface area contributed by atoms with Crippen molar-refractivity contribution in [1.29, 1.82) is 0 Å². The Labute approximate surface area is 148 Å². The van der Waals surface area contributed by atoms with E-state index in [0.29, 0.717) is 12.2 Å². The van der Waals surface area contributed by atoms with Gasteiger partial charge in [0.05, 0.1) is 17.2 Å². The number of benzene rings is 1. The first-order valence-electron chi connectivity index (χ1n) is 8.42. The van der Waals surface area contributed by atoms with Gasteiger partial charge in [-0.05, 0) is 24.6 Å². The number of amides is 4. The summed E-state index contributed by atoms with van der Waals surface area (Å²) < 4.78 is 13.7. The normalized spacial score (nSPS) is 28.3. The summed E-state index contributed by atoms with van der Waals surface area (Å²) in [5, 5.41) is 8.11. The molecule has 0 spiro atoms. The first kappa shape index (κ1) is 16.6. The molecule has 0 saturated carbocycles. The smallest absolute Gasteiger partial charge is 0.262 e. The Kier molecular flexibility index (Phi) is 3.95. The fourth-order valence-electron chi connectivity index (χ4n) is 3.56. The van der Waals surface area contributed by atoms with Crippen molar-refractivity contribution in [3.05, 3.63) is 29.3 Å². The van der Waals surface area contributed by atoms with Crippen molar-refractivity contribution < 1.29 is 23.6 Å². The van der Waals surface area contributed by atoms with Crippen molar-refractivity contribution >= 4 is 29.3 Å². The highest BCUT2D eigenvalue weighted by Crippen LogP contribution is 2.30. The molecule has 1 aromatic rings. The average Bonchev–Trinajstić information content (AvgIpc) is 3.11. The van der Waals surface area contributed by atoms with E-state index in [1.54, 1.807) is 6.07 Å². The minimum atomic E-state index is -1.04. The van der Waals surface area contributed by atoms with Gasteiger partial charge < -0.3 is 10.6 Å². The van der Waals surface area contributed by atoms with Gasteiger partial charge in [0.15, 0.2) is 0 Å². The van der Waals surface area contributed by atoms with Gasteiger partial charge in [-0.2, -0.15) is 0 Å². The summed E-state index contributed by atoms with van der Waals surface area (Å²) in [5.41, 5.74) is 0.907. The van der Waals surface area contributed by atoms with Crippen LogP contribution >= 0.6 is 0 Å². The Bertz CT molecular complexity index is 827. The lowest BCUT2D eigenvalue weighted by molar-refractivity contribution is -0.136. The number of nitrogens with zero attached hydrogens (tertiary/aromatic N) is 1. The molecule has 4 rings (SSSR count). The number of imide groups is 2. The summed E-state index contributed by atoms with van der Waals surface area (Å²) in [7, 11) is 0. The number of alkyl halides is 1. The number of carbonyl (C=O) groups is 4. The zero-order chi connectivity index (χ0) is 18.4. The molecule has 1 aromatic carbocycles. The van der Waals surface area contributed by atoms with E-state index >= 15 is 0 Å². The van der Waals surface area contributed by atoms with Crippen molar-refractivity contribution in [2.75, 3.05) is 18.4 Å². The van der Waals surface area contributed by atoms with Crippen LogP contribution < -0.4 is 16.0 Å². The first-order valence-corrected chi connectivity index (χ1v) is 8.42. The van der Waals surface area contributed by atoms with E-state index in [4.69, 9.17) is 0 Å². The maximum absolute atomic E-state index is 13.7. The van der Waals surface area contributed by atoms with E-state index in [2.05, 4.69) is 16.0 Å². The minimum Gasteiger partial charge on any atom is -0.378 e. The highest BCUT2D eigenvalue weighted by atomic mass is 19.1. The van der Waals surface area contributed by atoms with E-state index in [-0.39, 0.29) is 30.5 Å². The van der Waals surface area contributed by atoms with E-state index < -0.39 is 41.9 Å². The van der Waals surface area contributed by atoms with E-state index in [0.717, 1.165) is 4.90 Å². The van der Waals surface area contributed by atoms with Crippen molar-refractivity contribution in [3.63, 3.8) is 0 Å². The standard InChI is InChI=1S/C17H17FN4O4/c18-11-6-19-7-12(11)20-8-1-2-9-10(5-8)17(26)22(16(9)25)13-3-4-14(23)21-15(13)24/h1-2,5,11-13,19-20H,3-4,6-7H2,(H,21,23,24)/t11-,12+,13?/m1/s1. The highest BCUT2D eigenvalue weighted by Gasteiger charge is 2.44. The van der Waals surface area contributed by atoms with Gasteiger partial charge in [-0.25, -0.2) is 4.39 Å². The molecular weight excluding hydrogens is 343 g/mol. The molecule has 0 aliphatic carbocycles. The number of anilines is 1. The molecule has 26 heavy (non-hydrogen) atoms. The Morgan fingerprint density at radius 3 is 2.54 bits per heavy atom. The number of piperidine rings is 1. The predicted octanol–water partition coefficient (Wildman–Crippen LogP) is -0.190. The second-order valence-electron chi connectivity index (χ2n) is 6.63. The molecule has 0 radical (unpaired) electrons. The molecule has 3 N–H and O–H groups in total. The van der Waals surface area contributed by atoms with Crippen LogP contribution in [0.2, 0.25) is 0 Å². The number of hydrogen-bond acceptors (Lipinski definition) is 6. The average molecular weight is 360 g/mol. The molecule has 1 unspecified atom stereocenters. The van der Waals surface area contributed by atoms with Crippen LogP contribution in [-0.2, 0) is 9.59 Å². The third kappa shape index (κ3) is 2.64. The van der Waals surface area contributed by atoms with Crippen molar-refractivity contribution in [2.45, 2.75) is 31.1 Å². The lowest BCUT2D eigenvalue weighted by atomic mass is 10.0. The maximum Gasteiger partial charge on any atom is 0.262 e. The number of rotatable bonds is 3. The van der Waals surface area contributed by atoms with Gasteiger partial charge in [-0.15, -0.1) is 0 Å². The number of hydrogen-bond donors (Lipinski definition) is 3. The SMILES string of the molecule is O=C1CCC(N2C(=O)c3ccc(N[C@H]4CNC[C@H]4F)cc3C2=O)C(=O)N1. The highest BCUT2D eigenvalue weighted by molar-refractivity contribution is 6.23. The quantitative estimate of drug-likeness (QED) is 0.645. The second-order valence-corrected chi connectivity index (χ2v) is 6.63. The van der Waals surface area contributed by atoms with Crippen LogP contribution in [-0.4, -0.2) is 59.9 Å². The van der Waals surface area contributed by atoms with Crippen LogP contribution in [0.25, 0.3) is 0 Å². The molecule has 3 aliphatic rings. The zero-order valence-corrected chi connectivity index (χ0v) is 13.8. The number of fused-ring (bicyclic) bond motifs is 1. The van der Waals surface area contributed by atoms with Gasteiger partial charge in [0.2, 0.25) is 11.8 Å². The minimum absolute atomic E-state index is 0.0726. The van der Waals surface area contributed by atoms with Crippen LogP contribution in [0.1, 0.15) is 33.6 Å². The molecule has 8 nitrogen and oxygen atoms in total. The summed E-state index contributed by atoms with van der Waals surface area (Å²) >= 11 is 0. The van der Waals surface area contributed by atoms with E-state index in [1.807, 2.05) is 0 Å². The van der Waals surface area contributed by atoms with Gasteiger partial charge in [0, 0.05) is 25.2 Å². The topological polar surface area (TPSA) is 108 Å². The summed E-state index contributed by atoms with van der Waals surface area (Å²) in [6.45, 7) is 0.733. The molecule has 3 atom stereocenters. The fourth-order valence-corrected chi connectivity index (χ4v) is 3.56. The van der Waals surface area contributed by atoms with Crippen LogP contribution in [0.5, 0.6) is 0 Å². The molecule has 3 heterocycles. The van der Waals surface area contributed by atoms with Crippen LogP contribution in [0.15, 0.2) is 18.2 Å². The Balaban J connectivity index is 1.58. The lowest BCUT2D eigenvalue weighted by Gasteiger charge is -2.27. The maximum atomic E-state index is 13.7. The molecule has 3 aliphatic heterocycles. The van der Waals surface area contributed by atoms with Crippen molar-refractivity contribution in [1.82, 2.24) is 15.5 Å². The van der Waals surface area contributed by atoms with Crippen LogP contribution in [0, 0.1) is 0 Å². The number of halogens is 1. The second kappa shape index (κ2) is 6.17. The van der Waals surface area contributed by atoms with Gasteiger partial charge in [-0.3, -0.25) is 29.4 Å². The van der Waals surface area contributed by atoms with Gasteiger partial charge in [0.1, 0.15) is 12.2 Å². The predicted molar refractivity (Wildman–Crippen MR) is 88.3 cm³/mol. The van der Waals surface area contributed by atoms with E-state index in [1.165, 1.54) is 12.1 Å². The summed E-state index contributed by atoms with van der Waals surface area (Å²) in [5.74, 6) is -2.20. The molecule has 136 valence electrons. The monoisotopic (exact) mass is 360 g/mol. The summed E-state index contributed by atoms with van der Waals surface area (Å²) in [6.07, 6.45) is -0.859. The summed E-state index contributed by atoms with van der Waals surface area (Å²) in [4.78, 5) is 49.5.